The van der Waals surface area contributed by atoms with Gasteiger partial charge in [-0.3, -0.25) is 4.79 Å². The Morgan fingerprint density at radius 2 is 1.25 bits per heavy atom. The number of unbranched alkanes of at least 4 members (excludes halogenated alkanes) is 9. The molecule has 3 nitrogen and oxygen atoms in total. The van der Waals surface area contributed by atoms with E-state index in [0.29, 0.717) is 0 Å². The first kappa shape index (κ1) is 19.4. The van der Waals surface area contributed by atoms with Crippen LogP contribution in [0, 0.1) is 0 Å². The van der Waals surface area contributed by atoms with Gasteiger partial charge in [0.1, 0.15) is 0 Å². The summed E-state index contributed by atoms with van der Waals surface area (Å²) in [5.41, 5.74) is 0. The maximum atomic E-state index is 10.6. The Morgan fingerprint density at radius 1 is 0.800 bits per heavy atom. The summed E-state index contributed by atoms with van der Waals surface area (Å²) in [5.74, 6) is -0.681. The molecule has 120 valence electrons. The molecule has 0 aromatic carbocycles. The fraction of sp³-hybridized carbons (Fsp3) is 0.941. The largest absolute Gasteiger partial charge is 0.481 e. The van der Waals surface area contributed by atoms with Crippen molar-refractivity contribution in [3.8, 4) is 0 Å². The molecule has 0 fully saturated rings. The van der Waals surface area contributed by atoms with E-state index < -0.39 is 5.97 Å². The summed E-state index contributed by atoms with van der Waals surface area (Å²) in [7, 11) is 4.27. The third-order valence-corrected chi connectivity index (χ3v) is 4.05. The highest BCUT2D eigenvalue weighted by molar-refractivity contribution is 5.66. The fourth-order valence-corrected chi connectivity index (χ4v) is 2.54. The SMILES string of the molecule is CCCCCCCCCCCC[N+](C)(C)CCC(=O)O. The van der Waals surface area contributed by atoms with E-state index in [-0.39, 0.29) is 6.42 Å². The summed E-state index contributed by atoms with van der Waals surface area (Å²) < 4.78 is 0.837. The average Bonchev–Trinajstić information content (AvgIpc) is 2.39. The van der Waals surface area contributed by atoms with Gasteiger partial charge in [-0.1, -0.05) is 58.3 Å². The Balaban J connectivity index is 3.32. The highest BCUT2D eigenvalue weighted by atomic mass is 16.4. The van der Waals surface area contributed by atoms with Crippen LogP contribution in [0.3, 0.4) is 0 Å². The highest BCUT2D eigenvalue weighted by Gasteiger charge is 2.15. The van der Waals surface area contributed by atoms with Crippen molar-refractivity contribution < 1.29 is 14.4 Å². The van der Waals surface area contributed by atoms with Crippen molar-refractivity contribution in [1.82, 2.24) is 0 Å². The lowest BCUT2D eigenvalue weighted by Gasteiger charge is -2.29. The van der Waals surface area contributed by atoms with Gasteiger partial charge in [0.25, 0.3) is 0 Å². The third kappa shape index (κ3) is 13.9. The molecule has 3 heteroatoms. The van der Waals surface area contributed by atoms with Crippen molar-refractivity contribution in [2.45, 2.75) is 77.6 Å². The number of aliphatic carboxylic acids is 1. The quantitative estimate of drug-likeness (QED) is 0.378. The van der Waals surface area contributed by atoms with Crippen LogP contribution in [0.5, 0.6) is 0 Å². The number of hydrogen-bond donors (Lipinski definition) is 1. The molecule has 0 saturated carbocycles. The first-order valence-electron chi connectivity index (χ1n) is 8.52. The Kier molecular flexibility index (Phi) is 11.8. The van der Waals surface area contributed by atoms with E-state index in [4.69, 9.17) is 5.11 Å². The molecular weight excluding hydrogens is 250 g/mol. The molecule has 0 aromatic rings. The van der Waals surface area contributed by atoms with Crippen molar-refractivity contribution in [3.05, 3.63) is 0 Å². The molecule has 0 rings (SSSR count). The number of nitrogens with zero attached hydrogens (tertiary/aromatic N) is 1. The van der Waals surface area contributed by atoms with Crippen LogP contribution in [0.15, 0.2) is 0 Å². The predicted molar refractivity (Wildman–Crippen MR) is 85.9 cm³/mol. The van der Waals surface area contributed by atoms with Crippen LogP contribution < -0.4 is 0 Å². The van der Waals surface area contributed by atoms with Crippen LogP contribution in [0.1, 0.15) is 77.6 Å². The van der Waals surface area contributed by atoms with E-state index in [9.17, 15) is 4.79 Å². The van der Waals surface area contributed by atoms with E-state index >= 15 is 0 Å². The zero-order valence-electron chi connectivity index (χ0n) is 14.0. The smallest absolute Gasteiger partial charge is 0.309 e. The summed E-state index contributed by atoms with van der Waals surface area (Å²) in [6.07, 6.45) is 13.8. The van der Waals surface area contributed by atoms with Crippen LogP contribution in [0.4, 0.5) is 0 Å². The van der Waals surface area contributed by atoms with E-state index in [1.165, 1.54) is 64.2 Å². The fourth-order valence-electron chi connectivity index (χ4n) is 2.54. The third-order valence-electron chi connectivity index (χ3n) is 4.05. The Labute approximate surface area is 126 Å². The molecule has 20 heavy (non-hydrogen) atoms. The lowest BCUT2D eigenvalue weighted by molar-refractivity contribution is -0.890. The number of carboxylic acids is 1. The van der Waals surface area contributed by atoms with E-state index in [1.54, 1.807) is 0 Å². The zero-order valence-corrected chi connectivity index (χ0v) is 14.0. The maximum Gasteiger partial charge on any atom is 0.309 e. The lowest BCUT2D eigenvalue weighted by atomic mass is 10.1. The van der Waals surface area contributed by atoms with Crippen molar-refractivity contribution in [2.24, 2.45) is 0 Å². The monoisotopic (exact) mass is 286 g/mol. The second-order valence-electron chi connectivity index (χ2n) is 6.71. The van der Waals surface area contributed by atoms with Gasteiger partial charge in [0.15, 0.2) is 0 Å². The first-order chi connectivity index (χ1) is 9.48. The van der Waals surface area contributed by atoms with Crippen molar-refractivity contribution in [3.63, 3.8) is 0 Å². The minimum absolute atomic E-state index is 0.282. The summed E-state index contributed by atoms with van der Waals surface area (Å²) in [6, 6.07) is 0. The molecule has 0 heterocycles. The molecule has 0 aromatic heterocycles. The summed E-state index contributed by atoms with van der Waals surface area (Å²) >= 11 is 0. The molecule has 0 spiro atoms. The minimum atomic E-state index is -0.681. The van der Waals surface area contributed by atoms with Gasteiger partial charge in [-0.05, 0) is 12.8 Å². The van der Waals surface area contributed by atoms with Gasteiger partial charge >= 0.3 is 5.97 Å². The first-order valence-corrected chi connectivity index (χ1v) is 8.52. The molecule has 0 radical (unpaired) electrons. The molecule has 0 amide bonds. The highest BCUT2D eigenvalue weighted by Crippen LogP contribution is 2.11. The molecule has 0 unspecified atom stereocenters. The van der Waals surface area contributed by atoms with Crippen LogP contribution in [0.25, 0.3) is 0 Å². The summed E-state index contributed by atoms with van der Waals surface area (Å²) in [4.78, 5) is 10.6. The predicted octanol–water partition coefficient (Wildman–Crippen LogP) is 4.46. The second kappa shape index (κ2) is 12.2. The lowest BCUT2D eigenvalue weighted by Crippen LogP contribution is -2.42. The van der Waals surface area contributed by atoms with E-state index in [2.05, 4.69) is 21.0 Å². The topological polar surface area (TPSA) is 37.3 Å². The number of carboxylic acid groups (broad SMARTS) is 1. The van der Waals surface area contributed by atoms with Gasteiger partial charge < -0.3 is 9.59 Å². The Morgan fingerprint density at radius 3 is 1.70 bits per heavy atom. The van der Waals surface area contributed by atoms with E-state index in [1.807, 2.05) is 0 Å². The second-order valence-corrected chi connectivity index (χ2v) is 6.71. The molecule has 0 aliphatic rings. The number of carbonyl (C=O) groups is 1. The zero-order chi connectivity index (χ0) is 15.3. The molecular formula is C17H36NO2+. The summed E-state index contributed by atoms with van der Waals surface area (Å²) in [5, 5.41) is 8.71. The molecule has 0 atom stereocenters. The normalized spacial score (nSPS) is 11.8. The Hall–Kier alpha value is -0.570. The van der Waals surface area contributed by atoms with Crippen molar-refractivity contribution in [1.29, 1.82) is 0 Å². The van der Waals surface area contributed by atoms with Crippen LogP contribution in [0.2, 0.25) is 0 Å². The van der Waals surface area contributed by atoms with Gasteiger partial charge in [-0.25, -0.2) is 0 Å². The van der Waals surface area contributed by atoms with Crippen molar-refractivity contribution >= 4 is 5.97 Å². The van der Waals surface area contributed by atoms with Gasteiger partial charge in [0, 0.05) is 0 Å². The van der Waals surface area contributed by atoms with Gasteiger partial charge in [0.05, 0.1) is 33.6 Å². The van der Waals surface area contributed by atoms with Crippen LogP contribution >= 0.6 is 0 Å². The molecule has 0 saturated heterocycles. The van der Waals surface area contributed by atoms with Gasteiger partial charge in [-0.2, -0.15) is 0 Å². The number of quaternary nitrogens is 1. The minimum Gasteiger partial charge on any atom is -0.481 e. The van der Waals surface area contributed by atoms with E-state index in [0.717, 1.165) is 17.6 Å². The number of hydrogen-bond acceptors (Lipinski definition) is 1. The van der Waals surface area contributed by atoms with Gasteiger partial charge in [0.2, 0.25) is 0 Å². The molecule has 0 aliphatic carbocycles. The van der Waals surface area contributed by atoms with Crippen LogP contribution in [-0.2, 0) is 4.79 Å². The average molecular weight is 286 g/mol. The standard InChI is InChI=1S/C17H35NO2/c1-4-5-6-7-8-9-10-11-12-13-15-18(2,3)16-14-17(19)20/h4-16H2,1-3H3/p+1. The maximum absolute atomic E-state index is 10.6. The molecule has 0 bridgehead atoms. The van der Waals surface area contributed by atoms with Crippen LogP contribution in [-0.4, -0.2) is 42.7 Å². The number of rotatable bonds is 14. The molecule has 1 N–H and O–H groups in total. The Bertz CT molecular complexity index is 239. The summed E-state index contributed by atoms with van der Waals surface area (Å²) in [6.45, 7) is 4.10. The van der Waals surface area contributed by atoms with Crippen molar-refractivity contribution in [2.75, 3.05) is 27.2 Å². The van der Waals surface area contributed by atoms with Gasteiger partial charge in [-0.15, -0.1) is 0 Å². The molecule has 0 aliphatic heterocycles.